The SMILES string of the molecule is CCCNC(CC)CCCCCC(CC)NCCC. The molecule has 0 amide bonds. The largest absolute Gasteiger partial charge is 0.314 e. The maximum absolute atomic E-state index is 3.65. The van der Waals surface area contributed by atoms with Gasteiger partial charge in [0.05, 0.1) is 0 Å². The second-order valence-corrected chi connectivity index (χ2v) is 5.76. The lowest BCUT2D eigenvalue weighted by Gasteiger charge is -2.18. The molecular weight excluding hydrogens is 232 g/mol. The van der Waals surface area contributed by atoms with Gasteiger partial charge in [-0.25, -0.2) is 0 Å². The van der Waals surface area contributed by atoms with Crippen LogP contribution in [0.5, 0.6) is 0 Å². The van der Waals surface area contributed by atoms with E-state index >= 15 is 0 Å². The van der Waals surface area contributed by atoms with E-state index in [-0.39, 0.29) is 0 Å². The third kappa shape index (κ3) is 11.4. The van der Waals surface area contributed by atoms with Crippen molar-refractivity contribution in [1.29, 1.82) is 0 Å². The molecule has 0 heterocycles. The van der Waals surface area contributed by atoms with Crippen molar-refractivity contribution < 1.29 is 0 Å². The first-order valence-corrected chi connectivity index (χ1v) is 8.75. The van der Waals surface area contributed by atoms with Crippen molar-refractivity contribution in [3.8, 4) is 0 Å². The van der Waals surface area contributed by atoms with E-state index in [1.165, 1.54) is 70.9 Å². The third-order valence-corrected chi connectivity index (χ3v) is 3.96. The summed E-state index contributed by atoms with van der Waals surface area (Å²) in [5, 5.41) is 7.29. The molecular formula is C17H38N2. The molecule has 0 aliphatic rings. The van der Waals surface area contributed by atoms with Crippen LogP contribution in [0.1, 0.15) is 85.5 Å². The van der Waals surface area contributed by atoms with Crippen LogP contribution >= 0.6 is 0 Å². The van der Waals surface area contributed by atoms with Gasteiger partial charge in [0.15, 0.2) is 0 Å². The van der Waals surface area contributed by atoms with E-state index in [9.17, 15) is 0 Å². The zero-order chi connectivity index (χ0) is 14.3. The summed E-state index contributed by atoms with van der Waals surface area (Å²) in [6.45, 7) is 11.4. The van der Waals surface area contributed by atoms with Crippen LogP contribution < -0.4 is 10.6 Å². The van der Waals surface area contributed by atoms with Crippen LogP contribution in [-0.4, -0.2) is 25.2 Å². The molecule has 0 aliphatic carbocycles. The number of rotatable bonds is 14. The smallest absolute Gasteiger partial charge is 0.00644 e. The van der Waals surface area contributed by atoms with Crippen molar-refractivity contribution in [2.45, 2.75) is 97.6 Å². The van der Waals surface area contributed by atoms with Crippen molar-refractivity contribution in [3.05, 3.63) is 0 Å². The Kier molecular flexibility index (Phi) is 14.3. The first-order valence-electron chi connectivity index (χ1n) is 8.75. The lowest BCUT2D eigenvalue weighted by atomic mass is 10.0. The molecule has 0 radical (unpaired) electrons. The Morgan fingerprint density at radius 2 is 1.05 bits per heavy atom. The second kappa shape index (κ2) is 14.3. The molecule has 0 aromatic heterocycles. The van der Waals surface area contributed by atoms with Gasteiger partial charge >= 0.3 is 0 Å². The van der Waals surface area contributed by atoms with E-state index < -0.39 is 0 Å². The zero-order valence-electron chi connectivity index (χ0n) is 13.9. The number of nitrogens with one attached hydrogen (secondary N) is 2. The van der Waals surface area contributed by atoms with Gasteiger partial charge in [-0.1, -0.05) is 47.0 Å². The molecule has 0 saturated heterocycles. The summed E-state index contributed by atoms with van der Waals surface area (Å²) in [4.78, 5) is 0. The van der Waals surface area contributed by atoms with Gasteiger partial charge in [0, 0.05) is 12.1 Å². The van der Waals surface area contributed by atoms with E-state index in [1.54, 1.807) is 0 Å². The lowest BCUT2D eigenvalue weighted by Crippen LogP contribution is -2.29. The van der Waals surface area contributed by atoms with Gasteiger partial charge in [-0.15, -0.1) is 0 Å². The predicted octanol–water partition coefficient (Wildman–Crippen LogP) is 4.49. The molecule has 116 valence electrons. The van der Waals surface area contributed by atoms with E-state index in [0.717, 1.165) is 12.1 Å². The molecule has 19 heavy (non-hydrogen) atoms. The molecule has 0 aromatic carbocycles. The molecule has 0 spiro atoms. The van der Waals surface area contributed by atoms with Crippen molar-refractivity contribution >= 4 is 0 Å². The van der Waals surface area contributed by atoms with Gasteiger partial charge in [-0.2, -0.15) is 0 Å². The molecule has 2 N–H and O–H groups in total. The Morgan fingerprint density at radius 3 is 1.37 bits per heavy atom. The Bertz CT molecular complexity index is 153. The predicted molar refractivity (Wildman–Crippen MR) is 87.8 cm³/mol. The molecule has 0 aliphatic heterocycles. The second-order valence-electron chi connectivity index (χ2n) is 5.76. The minimum absolute atomic E-state index is 0.750. The van der Waals surface area contributed by atoms with Gasteiger partial charge in [-0.05, 0) is 51.6 Å². The lowest BCUT2D eigenvalue weighted by molar-refractivity contribution is 0.419. The standard InChI is InChI=1S/C17H38N2/c1-5-14-18-16(7-3)12-10-9-11-13-17(8-4)19-15-6-2/h16-19H,5-15H2,1-4H3. The maximum atomic E-state index is 3.65. The van der Waals surface area contributed by atoms with Gasteiger partial charge in [-0.3, -0.25) is 0 Å². The minimum atomic E-state index is 0.750. The van der Waals surface area contributed by atoms with Crippen LogP contribution in [0.2, 0.25) is 0 Å². The molecule has 0 bridgehead atoms. The summed E-state index contributed by atoms with van der Waals surface area (Å²) in [6.07, 6.45) is 11.9. The Morgan fingerprint density at radius 1 is 0.632 bits per heavy atom. The summed E-state index contributed by atoms with van der Waals surface area (Å²) in [5.74, 6) is 0. The van der Waals surface area contributed by atoms with Crippen LogP contribution in [0.15, 0.2) is 0 Å². The van der Waals surface area contributed by atoms with Crippen molar-refractivity contribution in [2.24, 2.45) is 0 Å². The Balaban J connectivity index is 3.50. The average Bonchev–Trinajstić information content (AvgIpc) is 2.45. The fraction of sp³-hybridized carbons (Fsp3) is 1.00. The van der Waals surface area contributed by atoms with Crippen molar-refractivity contribution in [2.75, 3.05) is 13.1 Å². The highest BCUT2D eigenvalue weighted by atomic mass is 14.9. The summed E-state index contributed by atoms with van der Waals surface area (Å²) in [7, 11) is 0. The van der Waals surface area contributed by atoms with Gasteiger partial charge in [0.2, 0.25) is 0 Å². The first-order chi connectivity index (χ1) is 9.28. The highest BCUT2D eigenvalue weighted by Crippen LogP contribution is 2.11. The van der Waals surface area contributed by atoms with E-state index in [2.05, 4.69) is 38.3 Å². The van der Waals surface area contributed by atoms with Crippen LogP contribution in [-0.2, 0) is 0 Å². The summed E-state index contributed by atoms with van der Waals surface area (Å²) in [6, 6.07) is 1.50. The highest BCUT2D eigenvalue weighted by Gasteiger charge is 2.06. The maximum Gasteiger partial charge on any atom is 0.00644 e. The van der Waals surface area contributed by atoms with Crippen molar-refractivity contribution in [1.82, 2.24) is 10.6 Å². The minimum Gasteiger partial charge on any atom is -0.314 e. The molecule has 0 fully saturated rings. The molecule has 0 saturated carbocycles. The molecule has 2 unspecified atom stereocenters. The Labute approximate surface area is 122 Å². The number of unbranched alkanes of at least 4 members (excludes halogenated alkanes) is 2. The highest BCUT2D eigenvalue weighted by molar-refractivity contribution is 4.67. The van der Waals surface area contributed by atoms with Crippen molar-refractivity contribution in [3.63, 3.8) is 0 Å². The van der Waals surface area contributed by atoms with Crippen LogP contribution in [0, 0.1) is 0 Å². The Hall–Kier alpha value is -0.0800. The first kappa shape index (κ1) is 18.9. The van der Waals surface area contributed by atoms with Crippen LogP contribution in [0.25, 0.3) is 0 Å². The zero-order valence-corrected chi connectivity index (χ0v) is 13.9. The molecule has 0 rings (SSSR count). The monoisotopic (exact) mass is 270 g/mol. The van der Waals surface area contributed by atoms with Gasteiger partial charge < -0.3 is 10.6 Å². The van der Waals surface area contributed by atoms with E-state index in [1.807, 2.05) is 0 Å². The van der Waals surface area contributed by atoms with E-state index in [4.69, 9.17) is 0 Å². The topological polar surface area (TPSA) is 24.1 Å². The summed E-state index contributed by atoms with van der Waals surface area (Å²) in [5.41, 5.74) is 0. The van der Waals surface area contributed by atoms with E-state index in [0.29, 0.717) is 0 Å². The van der Waals surface area contributed by atoms with Crippen LogP contribution in [0.3, 0.4) is 0 Å². The summed E-state index contributed by atoms with van der Waals surface area (Å²) >= 11 is 0. The average molecular weight is 271 g/mol. The van der Waals surface area contributed by atoms with Gasteiger partial charge in [0.25, 0.3) is 0 Å². The molecule has 2 heteroatoms. The quantitative estimate of drug-likeness (QED) is 0.454. The fourth-order valence-electron chi connectivity index (χ4n) is 2.56. The third-order valence-electron chi connectivity index (χ3n) is 3.96. The van der Waals surface area contributed by atoms with Gasteiger partial charge in [0.1, 0.15) is 0 Å². The normalized spacial score (nSPS) is 14.5. The molecule has 0 aromatic rings. The summed E-state index contributed by atoms with van der Waals surface area (Å²) < 4.78 is 0. The molecule has 2 atom stereocenters. The number of hydrogen-bond acceptors (Lipinski definition) is 2. The molecule has 2 nitrogen and oxygen atoms in total. The van der Waals surface area contributed by atoms with Crippen LogP contribution in [0.4, 0.5) is 0 Å². The number of hydrogen-bond donors (Lipinski definition) is 2. The fourth-order valence-corrected chi connectivity index (χ4v) is 2.56.